The summed E-state index contributed by atoms with van der Waals surface area (Å²) in [4.78, 5) is 35.1. The van der Waals surface area contributed by atoms with Gasteiger partial charge in [0.2, 0.25) is 0 Å². The second kappa shape index (κ2) is 10.2. The second-order valence-electron chi connectivity index (χ2n) is 6.62. The van der Waals surface area contributed by atoms with Crippen LogP contribution in [0.25, 0.3) is 0 Å². The van der Waals surface area contributed by atoms with Crippen molar-refractivity contribution in [3.8, 4) is 0 Å². The maximum atomic E-state index is 13.1. The first-order valence-electron chi connectivity index (χ1n) is 8.40. The van der Waals surface area contributed by atoms with Crippen molar-refractivity contribution in [1.82, 2.24) is 4.90 Å². The average molecular weight is 469 g/mol. The summed E-state index contributed by atoms with van der Waals surface area (Å²) < 4.78 is 94.6. The van der Waals surface area contributed by atoms with Gasteiger partial charge in [-0.05, 0) is 20.3 Å². The number of hydrogen-bond donors (Lipinski definition) is 1. The van der Waals surface area contributed by atoms with E-state index >= 15 is 0 Å². The third kappa shape index (κ3) is 8.69. The van der Waals surface area contributed by atoms with Crippen LogP contribution in [0.5, 0.6) is 0 Å². The summed E-state index contributed by atoms with van der Waals surface area (Å²) in [5.41, 5.74) is -0.975. The highest BCUT2D eigenvalue weighted by atomic mass is 32.2. The van der Waals surface area contributed by atoms with Crippen molar-refractivity contribution in [3.63, 3.8) is 0 Å². The molecule has 0 aliphatic rings. The summed E-state index contributed by atoms with van der Waals surface area (Å²) >= 11 is 0. The van der Waals surface area contributed by atoms with Crippen molar-refractivity contribution < 1.29 is 59.1 Å². The number of ether oxygens (including phenoxy) is 3. The lowest BCUT2D eigenvalue weighted by molar-refractivity contribution is -0.169. The Morgan fingerprint density at radius 3 is 1.73 bits per heavy atom. The fourth-order valence-electron chi connectivity index (χ4n) is 1.48. The van der Waals surface area contributed by atoms with E-state index in [2.05, 4.69) is 9.47 Å². The standard InChI is InChI=1S/C15H23F4NO9S/c1-5-13(2,3)29-12(23)20(6-8-27-10(21)14(4,16)17)7-9-28-11(22)15(18,19)30(24,25)26/h5-9H2,1-4H3,(H,24,25,26). The monoisotopic (exact) mass is 469 g/mol. The van der Waals surface area contributed by atoms with E-state index in [0.717, 1.165) is 0 Å². The number of amides is 1. The van der Waals surface area contributed by atoms with Crippen LogP contribution in [0, 0.1) is 0 Å². The predicted molar refractivity (Wildman–Crippen MR) is 91.5 cm³/mol. The first kappa shape index (κ1) is 27.8. The van der Waals surface area contributed by atoms with Crippen LogP contribution in [0.2, 0.25) is 0 Å². The summed E-state index contributed by atoms with van der Waals surface area (Å²) in [5, 5.41) is -5.23. The Kier molecular flexibility index (Phi) is 9.50. The minimum absolute atomic E-state index is 0.292. The average Bonchev–Trinajstić information content (AvgIpc) is 2.57. The Hall–Kier alpha value is -2.16. The molecule has 0 aliphatic heterocycles. The number of rotatable bonds is 11. The molecule has 0 fully saturated rings. The Morgan fingerprint density at radius 2 is 1.37 bits per heavy atom. The fraction of sp³-hybridized carbons (Fsp3) is 0.800. The Balaban J connectivity index is 5.06. The van der Waals surface area contributed by atoms with Gasteiger partial charge in [-0.2, -0.15) is 26.0 Å². The molecule has 15 heteroatoms. The Morgan fingerprint density at radius 1 is 0.933 bits per heavy atom. The third-order valence-corrected chi connectivity index (χ3v) is 4.40. The van der Waals surface area contributed by atoms with Gasteiger partial charge in [-0.3, -0.25) is 4.55 Å². The maximum absolute atomic E-state index is 13.1. The van der Waals surface area contributed by atoms with Gasteiger partial charge < -0.3 is 19.1 Å². The minimum atomic E-state index is -6.08. The normalized spacial score (nSPS) is 12.8. The zero-order valence-corrected chi connectivity index (χ0v) is 17.4. The Bertz CT molecular complexity index is 735. The molecule has 0 aromatic carbocycles. The van der Waals surface area contributed by atoms with E-state index in [1.165, 1.54) is 13.8 Å². The first-order chi connectivity index (χ1) is 13.3. The van der Waals surface area contributed by atoms with Crippen LogP contribution in [0.15, 0.2) is 0 Å². The van der Waals surface area contributed by atoms with Crippen molar-refractivity contribution in [1.29, 1.82) is 0 Å². The number of hydrogen-bond acceptors (Lipinski definition) is 8. The molecule has 176 valence electrons. The highest BCUT2D eigenvalue weighted by Crippen LogP contribution is 2.22. The molecule has 0 rings (SSSR count). The number of esters is 2. The molecule has 0 heterocycles. The van der Waals surface area contributed by atoms with E-state index < -0.39 is 71.2 Å². The van der Waals surface area contributed by atoms with Gasteiger partial charge in [-0.15, -0.1) is 0 Å². The molecule has 0 unspecified atom stereocenters. The smallest absolute Gasteiger partial charge is 0.459 e. The van der Waals surface area contributed by atoms with Crippen LogP contribution in [0.4, 0.5) is 22.4 Å². The zero-order valence-electron chi connectivity index (χ0n) is 16.6. The number of carbonyl (C=O) groups excluding carboxylic acids is 3. The number of alkyl halides is 4. The molecule has 0 spiro atoms. The number of halogens is 4. The van der Waals surface area contributed by atoms with Crippen molar-refractivity contribution in [3.05, 3.63) is 0 Å². The van der Waals surface area contributed by atoms with Gasteiger partial charge in [0.25, 0.3) is 0 Å². The molecular weight excluding hydrogens is 446 g/mol. The third-order valence-electron chi connectivity index (χ3n) is 3.58. The molecule has 0 aromatic rings. The van der Waals surface area contributed by atoms with Crippen molar-refractivity contribution in [2.24, 2.45) is 0 Å². The molecule has 1 amide bonds. The molecule has 1 N–H and O–H groups in total. The highest BCUT2D eigenvalue weighted by Gasteiger charge is 2.54. The predicted octanol–water partition coefficient (Wildman–Crippen LogP) is 1.84. The Labute approximate surface area is 170 Å². The van der Waals surface area contributed by atoms with Crippen molar-refractivity contribution in [2.45, 2.75) is 50.9 Å². The van der Waals surface area contributed by atoms with E-state index in [0.29, 0.717) is 18.2 Å². The van der Waals surface area contributed by atoms with Crippen molar-refractivity contribution >= 4 is 28.1 Å². The van der Waals surface area contributed by atoms with Gasteiger partial charge in [0.05, 0.1) is 13.1 Å². The van der Waals surface area contributed by atoms with E-state index in [4.69, 9.17) is 9.29 Å². The van der Waals surface area contributed by atoms with Crippen LogP contribution in [0.1, 0.15) is 34.1 Å². The van der Waals surface area contributed by atoms with Crippen LogP contribution in [-0.2, 0) is 33.9 Å². The molecule has 0 radical (unpaired) electrons. The van der Waals surface area contributed by atoms with Crippen LogP contribution in [0.3, 0.4) is 0 Å². The first-order valence-corrected chi connectivity index (χ1v) is 9.84. The van der Waals surface area contributed by atoms with Crippen LogP contribution >= 0.6 is 0 Å². The van der Waals surface area contributed by atoms with E-state index in [1.807, 2.05) is 0 Å². The van der Waals surface area contributed by atoms with Gasteiger partial charge in [-0.25, -0.2) is 14.4 Å². The molecule has 0 saturated heterocycles. The topological polar surface area (TPSA) is 137 Å². The number of nitrogens with zero attached hydrogens (tertiary/aromatic N) is 1. The fourth-order valence-corrected chi connectivity index (χ4v) is 1.75. The van der Waals surface area contributed by atoms with Gasteiger partial charge >= 0.3 is 39.3 Å². The zero-order chi connectivity index (χ0) is 24.0. The largest absolute Gasteiger partial charge is 0.465 e. The molecule has 10 nitrogen and oxygen atoms in total. The SMILES string of the molecule is CCC(C)(C)OC(=O)N(CCOC(=O)C(C)(F)F)CCOC(=O)C(F)(F)S(=O)(=O)O. The van der Waals surface area contributed by atoms with Gasteiger partial charge in [0, 0.05) is 6.92 Å². The summed E-state index contributed by atoms with van der Waals surface area (Å²) in [6.45, 7) is 2.17. The molecule has 30 heavy (non-hydrogen) atoms. The second-order valence-corrected chi connectivity index (χ2v) is 8.08. The quantitative estimate of drug-likeness (QED) is 0.208. The van der Waals surface area contributed by atoms with E-state index in [-0.39, 0.29) is 0 Å². The molecule has 0 aliphatic carbocycles. The van der Waals surface area contributed by atoms with Gasteiger partial charge in [0.1, 0.15) is 18.8 Å². The number of carbonyl (C=O) groups is 3. The van der Waals surface area contributed by atoms with Crippen molar-refractivity contribution in [2.75, 3.05) is 26.3 Å². The lowest BCUT2D eigenvalue weighted by Gasteiger charge is -2.29. The molecule has 0 aromatic heterocycles. The van der Waals surface area contributed by atoms with Gasteiger partial charge in [-0.1, -0.05) is 6.92 Å². The van der Waals surface area contributed by atoms with Gasteiger partial charge in [0.15, 0.2) is 0 Å². The summed E-state index contributed by atoms with van der Waals surface area (Å²) in [7, 11) is -6.08. The summed E-state index contributed by atoms with van der Waals surface area (Å²) in [5.74, 6) is -8.25. The van der Waals surface area contributed by atoms with E-state index in [9.17, 15) is 40.4 Å². The molecular formula is C15H23F4NO9S. The van der Waals surface area contributed by atoms with Crippen LogP contribution in [-0.4, -0.2) is 79.0 Å². The molecule has 0 bridgehead atoms. The van der Waals surface area contributed by atoms with E-state index in [1.54, 1.807) is 6.92 Å². The minimum Gasteiger partial charge on any atom is -0.459 e. The lowest BCUT2D eigenvalue weighted by Crippen LogP contribution is -2.43. The van der Waals surface area contributed by atoms with Crippen LogP contribution < -0.4 is 0 Å². The lowest BCUT2D eigenvalue weighted by atomic mass is 10.1. The molecule has 0 atom stereocenters. The summed E-state index contributed by atoms with van der Waals surface area (Å²) in [6.07, 6.45) is -0.710. The highest BCUT2D eigenvalue weighted by molar-refractivity contribution is 7.87. The summed E-state index contributed by atoms with van der Waals surface area (Å²) in [6, 6.07) is 0. The molecule has 0 saturated carbocycles. The maximum Gasteiger partial charge on any atom is 0.465 e.